The minimum atomic E-state index is -3.23. The summed E-state index contributed by atoms with van der Waals surface area (Å²) in [5.74, 6) is 0.329. The summed E-state index contributed by atoms with van der Waals surface area (Å²) in [6.07, 6.45) is 0.886. The molecule has 5 nitrogen and oxygen atoms in total. The van der Waals surface area contributed by atoms with Gasteiger partial charge in [0.25, 0.3) is 10.2 Å². The third-order valence-corrected chi connectivity index (χ3v) is 5.09. The van der Waals surface area contributed by atoms with Crippen molar-refractivity contribution in [3.63, 3.8) is 0 Å². The van der Waals surface area contributed by atoms with E-state index in [1.165, 1.54) is 4.31 Å². The summed E-state index contributed by atoms with van der Waals surface area (Å²) in [6.45, 7) is 6.54. The first-order valence-corrected chi connectivity index (χ1v) is 6.91. The highest BCUT2D eigenvalue weighted by Crippen LogP contribution is 2.20. The number of nitrogens with zero attached hydrogens (tertiary/aromatic N) is 2. The van der Waals surface area contributed by atoms with Gasteiger partial charge in [0.1, 0.15) is 0 Å². The number of hydrogen-bond acceptors (Lipinski definition) is 3. The molecule has 1 heterocycles. The van der Waals surface area contributed by atoms with Crippen molar-refractivity contribution in [2.45, 2.75) is 20.3 Å². The smallest absolute Gasteiger partial charge is 0.281 e. The van der Waals surface area contributed by atoms with Gasteiger partial charge in [-0.15, -0.1) is 0 Å². The SMILES string of the molecule is CCN(CC)S(=O)(=O)N1CCC(CN)C1. The largest absolute Gasteiger partial charge is 0.330 e. The average molecular weight is 235 g/mol. The molecule has 0 aromatic heterocycles. The summed E-state index contributed by atoms with van der Waals surface area (Å²) in [4.78, 5) is 0. The van der Waals surface area contributed by atoms with Crippen LogP contribution in [0.3, 0.4) is 0 Å². The summed E-state index contributed by atoms with van der Waals surface area (Å²) in [6, 6.07) is 0. The highest BCUT2D eigenvalue weighted by molar-refractivity contribution is 7.86. The molecule has 0 spiro atoms. The molecule has 0 aliphatic carbocycles. The van der Waals surface area contributed by atoms with Gasteiger partial charge in [0.15, 0.2) is 0 Å². The van der Waals surface area contributed by atoms with Gasteiger partial charge in [-0.1, -0.05) is 13.8 Å². The van der Waals surface area contributed by atoms with E-state index in [4.69, 9.17) is 5.73 Å². The molecule has 90 valence electrons. The van der Waals surface area contributed by atoms with E-state index in [0.717, 1.165) is 6.42 Å². The fourth-order valence-electron chi connectivity index (χ4n) is 1.91. The standard InChI is InChI=1S/C9H21N3O2S/c1-3-11(4-2)15(13,14)12-6-5-9(7-10)8-12/h9H,3-8,10H2,1-2H3. The first kappa shape index (κ1) is 12.9. The van der Waals surface area contributed by atoms with Crippen molar-refractivity contribution in [3.05, 3.63) is 0 Å². The summed E-state index contributed by atoms with van der Waals surface area (Å²) in [7, 11) is -3.23. The average Bonchev–Trinajstić information content (AvgIpc) is 2.67. The van der Waals surface area contributed by atoms with Crippen LogP contribution in [0.5, 0.6) is 0 Å². The molecular formula is C9H21N3O2S. The van der Waals surface area contributed by atoms with Gasteiger partial charge < -0.3 is 5.73 Å². The fourth-order valence-corrected chi connectivity index (χ4v) is 3.63. The third kappa shape index (κ3) is 2.69. The molecule has 6 heteroatoms. The van der Waals surface area contributed by atoms with Crippen molar-refractivity contribution in [1.29, 1.82) is 0 Å². The van der Waals surface area contributed by atoms with E-state index in [1.807, 2.05) is 13.8 Å². The molecule has 0 bridgehead atoms. The number of hydrogen-bond donors (Lipinski definition) is 1. The summed E-state index contributed by atoms with van der Waals surface area (Å²) >= 11 is 0. The molecule has 1 rings (SSSR count). The maximum absolute atomic E-state index is 12.1. The van der Waals surface area contributed by atoms with Crippen LogP contribution in [-0.2, 0) is 10.2 Å². The van der Waals surface area contributed by atoms with E-state index in [9.17, 15) is 8.42 Å². The molecule has 1 aliphatic heterocycles. The molecular weight excluding hydrogens is 214 g/mol. The van der Waals surface area contributed by atoms with Crippen LogP contribution < -0.4 is 5.73 Å². The van der Waals surface area contributed by atoms with Crippen molar-refractivity contribution in [2.24, 2.45) is 11.7 Å². The van der Waals surface area contributed by atoms with Gasteiger partial charge in [-0.2, -0.15) is 17.0 Å². The van der Waals surface area contributed by atoms with Crippen molar-refractivity contribution >= 4 is 10.2 Å². The van der Waals surface area contributed by atoms with Gasteiger partial charge in [-0.25, -0.2) is 0 Å². The highest BCUT2D eigenvalue weighted by Gasteiger charge is 2.33. The Bertz CT molecular complexity index is 288. The minimum Gasteiger partial charge on any atom is -0.330 e. The quantitative estimate of drug-likeness (QED) is 0.721. The molecule has 1 unspecified atom stereocenters. The zero-order valence-electron chi connectivity index (χ0n) is 9.52. The summed E-state index contributed by atoms with van der Waals surface area (Å²) in [5.41, 5.74) is 5.55. The second kappa shape index (κ2) is 5.25. The Labute approximate surface area is 92.4 Å². The molecule has 15 heavy (non-hydrogen) atoms. The molecule has 0 aromatic carbocycles. The molecule has 1 aliphatic rings. The molecule has 2 N–H and O–H groups in total. The second-order valence-electron chi connectivity index (χ2n) is 3.84. The Morgan fingerprint density at radius 1 is 1.40 bits per heavy atom. The van der Waals surface area contributed by atoms with Gasteiger partial charge in [0.05, 0.1) is 0 Å². The first-order chi connectivity index (χ1) is 7.06. The lowest BCUT2D eigenvalue weighted by atomic mass is 10.1. The van der Waals surface area contributed by atoms with Gasteiger partial charge in [0, 0.05) is 26.2 Å². The fraction of sp³-hybridized carbons (Fsp3) is 1.00. The van der Waals surface area contributed by atoms with Crippen LogP contribution >= 0.6 is 0 Å². The van der Waals surface area contributed by atoms with Gasteiger partial charge in [-0.3, -0.25) is 0 Å². The predicted octanol–water partition coefficient (Wildman–Crippen LogP) is -0.146. The van der Waals surface area contributed by atoms with Crippen LogP contribution in [0.4, 0.5) is 0 Å². The van der Waals surface area contributed by atoms with Gasteiger partial charge >= 0.3 is 0 Å². The molecule has 0 aromatic rings. The Balaban J connectivity index is 2.71. The topological polar surface area (TPSA) is 66.6 Å². The maximum atomic E-state index is 12.1. The summed E-state index contributed by atoms with van der Waals surface area (Å²) in [5, 5.41) is 0. The normalized spacial score (nSPS) is 23.9. The van der Waals surface area contributed by atoms with E-state index >= 15 is 0 Å². The minimum absolute atomic E-state index is 0.329. The third-order valence-electron chi connectivity index (χ3n) is 2.94. The molecule has 0 amide bonds. The predicted molar refractivity (Wildman–Crippen MR) is 60.6 cm³/mol. The van der Waals surface area contributed by atoms with Crippen LogP contribution in [0.25, 0.3) is 0 Å². The number of nitrogens with two attached hydrogens (primary N) is 1. The van der Waals surface area contributed by atoms with Crippen molar-refractivity contribution < 1.29 is 8.42 Å². The molecule has 0 radical (unpaired) electrons. The van der Waals surface area contributed by atoms with Crippen LogP contribution in [0, 0.1) is 5.92 Å². The number of rotatable bonds is 5. The van der Waals surface area contributed by atoms with Crippen molar-refractivity contribution in [3.8, 4) is 0 Å². The summed E-state index contributed by atoms with van der Waals surface area (Å²) < 4.78 is 27.2. The van der Waals surface area contributed by atoms with Crippen LogP contribution in [0.2, 0.25) is 0 Å². The van der Waals surface area contributed by atoms with Gasteiger partial charge in [-0.05, 0) is 18.9 Å². The lowest BCUT2D eigenvalue weighted by molar-refractivity contribution is 0.373. The highest BCUT2D eigenvalue weighted by atomic mass is 32.2. The van der Waals surface area contributed by atoms with Crippen LogP contribution in [-0.4, -0.2) is 49.8 Å². The monoisotopic (exact) mass is 235 g/mol. The molecule has 0 saturated carbocycles. The van der Waals surface area contributed by atoms with E-state index in [0.29, 0.717) is 38.6 Å². The van der Waals surface area contributed by atoms with Gasteiger partial charge in [0.2, 0.25) is 0 Å². The van der Waals surface area contributed by atoms with Crippen LogP contribution in [0.1, 0.15) is 20.3 Å². The lowest BCUT2D eigenvalue weighted by Crippen LogP contribution is -2.42. The molecule has 1 fully saturated rings. The Hall–Kier alpha value is -0.170. The Kier molecular flexibility index (Phi) is 4.51. The van der Waals surface area contributed by atoms with Crippen LogP contribution in [0.15, 0.2) is 0 Å². The van der Waals surface area contributed by atoms with E-state index in [2.05, 4.69) is 0 Å². The molecule has 1 saturated heterocycles. The molecule has 1 atom stereocenters. The Morgan fingerprint density at radius 3 is 2.40 bits per heavy atom. The van der Waals surface area contributed by atoms with Crippen molar-refractivity contribution in [2.75, 3.05) is 32.7 Å². The van der Waals surface area contributed by atoms with Crippen molar-refractivity contribution in [1.82, 2.24) is 8.61 Å². The van der Waals surface area contributed by atoms with E-state index in [1.54, 1.807) is 4.31 Å². The maximum Gasteiger partial charge on any atom is 0.281 e. The van der Waals surface area contributed by atoms with E-state index in [-0.39, 0.29) is 0 Å². The lowest BCUT2D eigenvalue weighted by Gasteiger charge is -2.25. The first-order valence-electron chi connectivity index (χ1n) is 5.51. The zero-order valence-corrected chi connectivity index (χ0v) is 10.3. The zero-order chi connectivity index (χ0) is 11.5. The van der Waals surface area contributed by atoms with E-state index < -0.39 is 10.2 Å². The second-order valence-corrected chi connectivity index (χ2v) is 5.77. The Morgan fingerprint density at radius 2 is 2.00 bits per heavy atom.